The minimum absolute atomic E-state index is 0.0545. The van der Waals surface area contributed by atoms with Gasteiger partial charge >= 0.3 is 0 Å². The molecule has 1 atom stereocenters. The summed E-state index contributed by atoms with van der Waals surface area (Å²) in [7, 11) is 3.15. The summed E-state index contributed by atoms with van der Waals surface area (Å²) in [6.07, 6.45) is 3.02. The summed E-state index contributed by atoms with van der Waals surface area (Å²) in [6.45, 7) is 2.87. The van der Waals surface area contributed by atoms with Crippen molar-refractivity contribution in [3.8, 4) is 11.5 Å². The van der Waals surface area contributed by atoms with E-state index < -0.39 is 6.04 Å². The van der Waals surface area contributed by atoms with Gasteiger partial charge in [0, 0.05) is 30.8 Å². The van der Waals surface area contributed by atoms with E-state index in [0.717, 1.165) is 24.9 Å². The predicted octanol–water partition coefficient (Wildman–Crippen LogP) is 2.07. The van der Waals surface area contributed by atoms with Gasteiger partial charge in [0.05, 0.1) is 14.2 Å². The van der Waals surface area contributed by atoms with Crippen molar-refractivity contribution in [3.05, 3.63) is 18.2 Å². The maximum Gasteiger partial charge on any atom is 0.249 e. The number of methoxy groups -OCH3 is 2. The fourth-order valence-electron chi connectivity index (χ4n) is 3.31. The van der Waals surface area contributed by atoms with Crippen LogP contribution in [-0.4, -0.2) is 50.1 Å². The lowest BCUT2D eigenvalue weighted by atomic mass is 9.84. The molecule has 6 heteroatoms. The molecular weight excluding hydrogens is 308 g/mol. The largest absolute Gasteiger partial charge is 0.493 e. The summed E-state index contributed by atoms with van der Waals surface area (Å²) in [5.74, 6) is 1.41. The highest BCUT2D eigenvalue weighted by Gasteiger charge is 2.39. The van der Waals surface area contributed by atoms with E-state index in [2.05, 4.69) is 0 Å². The van der Waals surface area contributed by atoms with Crippen LogP contribution in [0.5, 0.6) is 11.5 Å². The van der Waals surface area contributed by atoms with Crippen LogP contribution in [0.2, 0.25) is 0 Å². The van der Waals surface area contributed by atoms with E-state index in [0.29, 0.717) is 24.6 Å². The standard InChI is InChI=1S/C18H24N2O4/c1-12-17(21)20(10-9-19(12)18(22)13-5-4-6-13)14-7-8-15(23-2)16(11-14)24-3/h7-8,11-13H,4-6,9-10H2,1-3H3. The molecule has 1 aromatic carbocycles. The van der Waals surface area contributed by atoms with Crippen LogP contribution >= 0.6 is 0 Å². The zero-order chi connectivity index (χ0) is 17.3. The van der Waals surface area contributed by atoms with Gasteiger partial charge in [-0.05, 0) is 31.9 Å². The van der Waals surface area contributed by atoms with Gasteiger partial charge in [0.25, 0.3) is 0 Å². The monoisotopic (exact) mass is 332 g/mol. The Kier molecular flexibility index (Phi) is 4.64. The van der Waals surface area contributed by atoms with Crippen LogP contribution < -0.4 is 14.4 Å². The molecule has 24 heavy (non-hydrogen) atoms. The van der Waals surface area contributed by atoms with Crippen molar-refractivity contribution in [3.63, 3.8) is 0 Å². The number of nitrogens with zero attached hydrogens (tertiary/aromatic N) is 2. The number of hydrogen-bond acceptors (Lipinski definition) is 4. The molecule has 2 amide bonds. The van der Waals surface area contributed by atoms with Crippen LogP contribution in [0, 0.1) is 5.92 Å². The van der Waals surface area contributed by atoms with Gasteiger partial charge < -0.3 is 19.3 Å². The topological polar surface area (TPSA) is 59.1 Å². The van der Waals surface area contributed by atoms with Crippen LogP contribution in [-0.2, 0) is 9.59 Å². The molecule has 1 unspecified atom stereocenters. The first-order chi connectivity index (χ1) is 11.6. The molecule has 1 heterocycles. The molecule has 2 fully saturated rings. The van der Waals surface area contributed by atoms with E-state index in [1.54, 1.807) is 36.2 Å². The Morgan fingerprint density at radius 1 is 1.12 bits per heavy atom. The number of hydrogen-bond donors (Lipinski definition) is 0. The van der Waals surface area contributed by atoms with Gasteiger partial charge in [-0.3, -0.25) is 9.59 Å². The Labute approximate surface area is 142 Å². The third-order valence-electron chi connectivity index (χ3n) is 5.07. The van der Waals surface area contributed by atoms with Crippen LogP contribution in [0.25, 0.3) is 0 Å². The molecule has 1 aliphatic carbocycles. The van der Waals surface area contributed by atoms with E-state index in [9.17, 15) is 9.59 Å². The second kappa shape index (κ2) is 6.71. The number of benzene rings is 1. The predicted molar refractivity (Wildman–Crippen MR) is 90.4 cm³/mol. The lowest BCUT2D eigenvalue weighted by molar-refractivity contribution is -0.146. The Morgan fingerprint density at radius 3 is 2.42 bits per heavy atom. The minimum atomic E-state index is -0.431. The first-order valence-corrected chi connectivity index (χ1v) is 8.40. The van der Waals surface area contributed by atoms with E-state index in [4.69, 9.17) is 9.47 Å². The van der Waals surface area contributed by atoms with Crippen molar-refractivity contribution in [1.82, 2.24) is 4.90 Å². The first kappa shape index (κ1) is 16.6. The third kappa shape index (κ3) is 2.81. The number of anilines is 1. The fraction of sp³-hybridized carbons (Fsp3) is 0.556. The molecule has 1 saturated heterocycles. The zero-order valence-corrected chi connectivity index (χ0v) is 14.4. The van der Waals surface area contributed by atoms with Crippen LogP contribution in [0.4, 0.5) is 5.69 Å². The lowest BCUT2D eigenvalue weighted by Gasteiger charge is -2.41. The van der Waals surface area contributed by atoms with Crippen LogP contribution in [0.1, 0.15) is 26.2 Å². The first-order valence-electron chi connectivity index (χ1n) is 8.40. The van der Waals surface area contributed by atoms with Crippen molar-refractivity contribution in [2.45, 2.75) is 32.2 Å². The second-order valence-corrected chi connectivity index (χ2v) is 6.36. The molecular formula is C18H24N2O4. The highest BCUT2D eigenvalue weighted by Crippen LogP contribution is 2.34. The Hall–Kier alpha value is -2.24. The molecule has 6 nitrogen and oxygen atoms in total. The minimum Gasteiger partial charge on any atom is -0.493 e. The molecule has 0 bridgehead atoms. The Morgan fingerprint density at radius 2 is 1.83 bits per heavy atom. The smallest absolute Gasteiger partial charge is 0.249 e. The maximum atomic E-state index is 12.8. The number of ether oxygens (including phenoxy) is 2. The number of rotatable bonds is 4. The fourth-order valence-corrected chi connectivity index (χ4v) is 3.31. The number of piperazine rings is 1. The average molecular weight is 332 g/mol. The molecule has 1 saturated carbocycles. The lowest BCUT2D eigenvalue weighted by Crippen LogP contribution is -2.59. The van der Waals surface area contributed by atoms with Crippen molar-refractivity contribution < 1.29 is 19.1 Å². The Balaban J connectivity index is 1.77. The molecule has 1 aromatic rings. The molecule has 0 N–H and O–H groups in total. The summed E-state index contributed by atoms with van der Waals surface area (Å²) >= 11 is 0. The van der Waals surface area contributed by atoms with Gasteiger partial charge in [0.2, 0.25) is 11.8 Å². The number of carbonyl (C=O) groups is 2. The van der Waals surface area contributed by atoms with Gasteiger partial charge in [-0.1, -0.05) is 6.42 Å². The Bertz CT molecular complexity index is 642. The molecule has 2 aliphatic rings. The van der Waals surface area contributed by atoms with E-state index in [1.807, 2.05) is 13.0 Å². The second-order valence-electron chi connectivity index (χ2n) is 6.36. The molecule has 3 rings (SSSR count). The summed E-state index contributed by atoms with van der Waals surface area (Å²) in [4.78, 5) is 28.7. The summed E-state index contributed by atoms with van der Waals surface area (Å²) in [5, 5.41) is 0. The van der Waals surface area contributed by atoms with Gasteiger partial charge in [-0.25, -0.2) is 0 Å². The van der Waals surface area contributed by atoms with Gasteiger partial charge in [0.1, 0.15) is 6.04 Å². The van der Waals surface area contributed by atoms with Crippen LogP contribution in [0.15, 0.2) is 18.2 Å². The molecule has 0 spiro atoms. The number of amides is 2. The summed E-state index contributed by atoms with van der Waals surface area (Å²) in [6, 6.07) is 5.00. The maximum absolute atomic E-state index is 12.8. The molecule has 130 valence electrons. The van der Waals surface area contributed by atoms with Crippen LogP contribution in [0.3, 0.4) is 0 Å². The highest BCUT2D eigenvalue weighted by atomic mass is 16.5. The summed E-state index contributed by atoms with van der Waals surface area (Å²) < 4.78 is 10.6. The summed E-state index contributed by atoms with van der Waals surface area (Å²) in [5.41, 5.74) is 0.764. The van der Waals surface area contributed by atoms with Gasteiger partial charge in [-0.15, -0.1) is 0 Å². The molecule has 0 aromatic heterocycles. The number of carbonyl (C=O) groups excluding carboxylic acids is 2. The van der Waals surface area contributed by atoms with Gasteiger partial charge in [-0.2, -0.15) is 0 Å². The average Bonchev–Trinajstić information content (AvgIpc) is 2.55. The third-order valence-corrected chi connectivity index (χ3v) is 5.07. The van der Waals surface area contributed by atoms with E-state index in [1.165, 1.54) is 0 Å². The SMILES string of the molecule is COc1ccc(N2CCN(C(=O)C3CCC3)C(C)C2=O)cc1OC. The molecule has 1 aliphatic heterocycles. The van der Waals surface area contributed by atoms with Crippen molar-refractivity contribution in [2.75, 3.05) is 32.2 Å². The van der Waals surface area contributed by atoms with Crippen molar-refractivity contribution >= 4 is 17.5 Å². The van der Waals surface area contributed by atoms with E-state index in [-0.39, 0.29) is 17.7 Å². The van der Waals surface area contributed by atoms with Crippen molar-refractivity contribution in [1.29, 1.82) is 0 Å². The quantitative estimate of drug-likeness (QED) is 0.847. The normalized spacial score (nSPS) is 21.5. The van der Waals surface area contributed by atoms with Gasteiger partial charge in [0.15, 0.2) is 11.5 Å². The van der Waals surface area contributed by atoms with Crippen molar-refractivity contribution in [2.24, 2.45) is 5.92 Å². The van der Waals surface area contributed by atoms with E-state index >= 15 is 0 Å². The highest BCUT2D eigenvalue weighted by molar-refractivity contribution is 6.00. The zero-order valence-electron chi connectivity index (χ0n) is 14.4. The molecule has 0 radical (unpaired) electrons.